The quantitative estimate of drug-likeness (QED) is 0.463. The molecule has 12 heavy (non-hydrogen) atoms. The molecule has 0 aromatic heterocycles. The largest absolute Gasteiger partial charge is 0.378 e. The molecule has 0 aliphatic heterocycles. The van der Waals surface area contributed by atoms with Crippen LogP contribution in [0.25, 0.3) is 0 Å². The fourth-order valence-corrected chi connectivity index (χ4v) is 1.76. The fraction of sp³-hybridized carbons (Fsp3) is 0.909. The van der Waals surface area contributed by atoms with Crippen molar-refractivity contribution in [1.82, 2.24) is 0 Å². The highest BCUT2D eigenvalue weighted by atomic mass is 16.5. The smallest absolute Gasteiger partial charge is 0.0575 e. The lowest BCUT2D eigenvalue weighted by molar-refractivity contribution is 0.0449. The van der Waals surface area contributed by atoms with Crippen LogP contribution in [0.2, 0.25) is 0 Å². The van der Waals surface area contributed by atoms with Crippen molar-refractivity contribution in [2.24, 2.45) is 0 Å². The van der Waals surface area contributed by atoms with Gasteiger partial charge in [0.15, 0.2) is 0 Å². The molecule has 1 saturated carbocycles. The molecule has 1 heteroatoms. The minimum Gasteiger partial charge on any atom is -0.378 e. The predicted octanol–water partition coefficient (Wildman–Crippen LogP) is 3.34. The number of hydrogen-bond donors (Lipinski definition) is 0. The monoisotopic (exact) mass is 169 g/mol. The third kappa shape index (κ3) is 4.10. The highest BCUT2D eigenvalue weighted by molar-refractivity contribution is 4.64. The molecule has 0 saturated heterocycles. The van der Waals surface area contributed by atoms with Gasteiger partial charge in [-0.2, -0.15) is 0 Å². The molecule has 1 nitrogen and oxygen atoms in total. The summed E-state index contributed by atoms with van der Waals surface area (Å²) in [6, 6.07) is 0. The molecular formula is C11H21O. The first-order valence-corrected chi connectivity index (χ1v) is 5.33. The topological polar surface area (TPSA) is 9.23 Å². The molecule has 0 amide bonds. The number of hydrogen-bond acceptors (Lipinski definition) is 1. The zero-order valence-electron chi connectivity index (χ0n) is 8.22. The van der Waals surface area contributed by atoms with E-state index in [1.165, 1.54) is 38.5 Å². The molecule has 0 N–H and O–H groups in total. The van der Waals surface area contributed by atoms with Gasteiger partial charge in [0.1, 0.15) is 0 Å². The van der Waals surface area contributed by atoms with Crippen LogP contribution in [0.4, 0.5) is 0 Å². The summed E-state index contributed by atoms with van der Waals surface area (Å²) in [5.74, 6) is 0. The van der Waals surface area contributed by atoms with Gasteiger partial charge in [-0.1, -0.05) is 32.6 Å². The average molecular weight is 169 g/mol. The van der Waals surface area contributed by atoms with Crippen LogP contribution >= 0.6 is 0 Å². The molecule has 0 spiro atoms. The molecule has 1 rings (SSSR count). The van der Waals surface area contributed by atoms with Crippen LogP contribution in [-0.4, -0.2) is 12.7 Å². The van der Waals surface area contributed by atoms with Crippen molar-refractivity contribution >= 4 is 0 Å². The molecule has 1 aliphatic carbocycles. The van der Waals surface area contributed by atoms with Gasteiger partial charge in [-0.3, -0.25) is 0 Å². The normalized spacial score (nSPS) is 20.8. The summed E-state index contributed by atoms with van der Waals surface area (Å²) in [6.07, 6.45) is 12.0. The van der Waals surface area contributed by atoms with Gasteiger partial charge in [0, 0.05) is 6.61 Å². The standard InChI is InChI=1S/C11H21O/c1-2-3-10-12-11-8-6-4-5-7-9-11/h2,11H,3-10H2,1H3. The minimum absolute atomic E-state index is 0.576. The predicted molar refractivity (Wildman–Crippen MR) is 52.0 cm³/mol. The van der Waals surface area contributed by atoms with Crippen molar-refractivity contribution < 1.29 is 4.74 Å². The van der Waals surface area contributed by atoms with Crippen LogP contribution in [0.5, 0.6) is 0 Å². The maximum atomic E-state index is 5.77. The Morgan fingerprint density at radius 1 is 1.17 bits per heavy atom. The minimum atomic E-state index is 0.576. The highest BCUT2D eigenvalue weighted by Gasteiger charge is 2.11. The molecule has 0 aromatic carbocycles. The number of rotatable bonds is 4. The second-order valence-electron chi connectivity index (χ2n) is 3.68. The Labute approximate surface area is 76.5 Å². The van der Waals surface area contributed by atoms with Crippen LogP contribution in [0.3, 0.4) is 0 Å². The van der Waals surface area contributed by atoms with E-state index in [0.717, 1.165) is 13.0 Å². The second kappa shape index (κ2) is 6.47. The van der Waals surface area contributed by atoms with E-state index in [0.29, 0.717) is 6.10 Å². The Morgan fingerprint density at radius 3 is 2.42 bits per heavy atom. The third-order valence-corrected chi connectivity index (χ3v) is 2.56. The molecule has 0 atom stereocenters. The summed E-state index contributed by atoms with van der Waals surface area (Å²) in [7, 11) is 0. The van der Waals surface area contributed by atoms with Gasteiger partial charge in [0.05, 0.1) is 6.10 Å². The van der Waals surface area contributed by atoms with Gasteiger partial charge >= 0.3 is 0 Å². The fourth-order valence-electron chi connectivity index (χ4n) is 1.76. The molecule has 0 heterocycles. The zero-order chi connectivity index (χ0) is 8.65. The van der Waals surface area contributed by atoms with Crippen molar-refractivity contribution in [3.8, 4) is 0 Å². The van der Waals surface area contributed by atoms with E-state index >= 15 is 0 Å². The first-order valence-electron chi connectivity index (χ1n) is 5.33. The van der Waals surface area contributed by atoms with Gasteiger partial charge in [0.25, 0.3) is 0 Å². The lowest BCUT2D eigenvalue weighted by Crippen LogP contribution is -2.12. The Bertz CT molecular complexity index is 93.2. The van der Waals surface area contributed by atoms with Crippen LogP contribution in [0.1, 0.15) is 51.9 Å². The van der Waals surface area contributed by atoms with E-state index in [9.17, 15) is 0 Å². The van der Waals surface area contributed by atoms with E-state index < -0.39 is 0 Å². The van der Waals surface area contributed by atoms with Crippen LogP contribution < -0.4 is 0 Å². The molecule has 0 aromatic rings. The third-order valence-electron chi connectivity index (χ3n) is 2.56. The van der Waals surface area contributed by atoms with Gasteiger partial charge in [-0.25, -0.2) is 0 Å². The summed E-state index contributed by atoms with van der Waals surface area (Å²) in [6.45, 7) is 3.03. The first-order chi connectivity index (χ1) is 5.93. The molecule has 71 valence electrons. The Morgan fingerprint density at radius 2 is 1.83 bits per heavy atom. The summed E-state index contributed by atoms with van der Waals surface area (Å²) < 4.78 is 5.77. The van der Waals surface area contributed by atoms with Crippen molar-refractivity contribution in [3.63, 3.8) is 0 Å². The molecular weight excluding hydrogens is 148 g/mol. The van der Waals surface area contributed by atoms with Crippen molar-refractivity contribution in [2.45, 2.75) is 58.0 Å². The van der Waals surface area contributed by atoms with E-state index in [4.69, 9.17) is 4.74 Å². The van der Waals surface area contributed by atoms with Crippen molar-refractivity contribution in [1.29, 1.82) is 0 Å². The second-order valence-corrected chi connectivity index (χ2v) is 3.68. The zero-order valence-corrected chi connectivity index (χ0v) is 8.22. The van der Waals surface area contributed by atoms with Crippen LogP contribution in [0.15, 0.2) is 0 Å². The van der Waals surface area contributed by atoms with Gasteiger partial charge in [-0.05, 0) is 25.7 Å². The van der Waals surface area contributed by atoms with Crippen molar-refractivity contribution in [3.05, 3.63) is 6.42 Å². The average Bonchev–Trinajstić information content (AvgIpc) is 2.33. The molecule has 1 fully saturated rings. The summed E-state index contributed by atoms with van der Waals surface area (Å²) >= 11 is 0. The molecule has 1 aliphatic rings. The molecule has 0 unspecified atom stereocenters. The van der Waals surface area contributed by atoms with Gasteiger partial charge in [-0.15, -0.1) is 0 Å². The maximum Gasteiger partial charge on any atom is 0.0575 e. The van der Waals surface area contributed by atoms with Crippen molar-refractivity contribution in [2.75, 3.05) is 6.61 Å². The summed E-state index contributed by atoms with van der Waals surface area (Å²) in [5.41, 5.74) is 0. The number of ether oxygens (including phenoxy) is 1. The Kier molecular flexibility index (Phi) is 5.42. The highest BCUT2D eigenvalue weighted by Crippen LogP contribution is 2.19. The molecule has 0 bridgehead atoms. The van der Waals surface area contributed by atoms with E-state index in [2.05, 4.69) is 13.3 Å². The lowest BCUT2D eigenvalue weighted by atomic mass is 10.1. The molecule has 1 radical (unpaired) electrons. The maximum absolute atomic E-state index is 5.77. The SMILES string of the molecule is C[CH]CCOC1CCCCCC1. The van der Waals surface area contributed by atoms with Crippen LogP contribution in [0, 0.1) is 6.42 Å². The van der Waals surface area contributed by atoms with Crippen LogP contribution in [-0.2, 0) is 4.74 Å². The first kappa shape index (κ1) is 10.0. The summed E-state index contributed by atoms with van der Waals surface area (Å²) in [4.78, 5) is 0. The van der Waals surface area contributed by atoms with E-state index in [1.807, 2.05) is 0 Å². The number of unbranched alkanes of at least 4 members (excludes halogenated alkanes) is 1. The van der Waals surface area contributed by atoms with Gasteiger partial charge < -0.3 is 4.74 Å². The van der Waals surface area contributed by atoms with E-state index in [1.54, 1.807) is 0 Å². The Hall–Kier alpha value is -0.0400. The lowest BCUT2D eigenvalue weighted by Gasteiger charge is -2.14. The van der Waals surface area contributed by atoms with E-state index in [-0.39, 0.29) is 0 Å². The summed E-state index contributed by atoms with van der Waals surface area (Å²) in [5, 5.41) is 0. The van der Waals surface area contributed by atoms with Gasteiger partial charge in [0.2, 0.25) is 0 Å². The Balaban J connectivity index is 2.04.